The highest BCUT2D eigenvalue weighted by Crippen LogP contribution is 2.25. The van der Waals surface area contributed by atoms with Gasteiger partial charge in [-0.3, -0.25) is 0 Å². The Labute approximate surface area is 147 Å². The predicted molar refractivity (Wildman–Crippen MR) is 95.3 cm³/mol. The van der Waals surface area contributed by atoms with E-state index in [0.717, 1.165) is 11.8 Å². The van der Waals surface area contributed by atoms with Gasteiger partial charge in [-0.05, 0) is 29.8 Å². The van der Waals surface area contributed by atoms with Gasteiger partial charge in [-0.2, -0.15) is 0 Å². The summed E-state index contributed by atoms with van der Waals surface area (Å²) >= 11 is 0. The highest BCUT2D eigenvalue weighted by molar-refractivity contribution is 7.90. The van der Waals surface area contributed by atoms with Gasteiger partial charge in [0, 0.05) is 18.5 Å². The van der Waals surface area contributed by atoms with Gasteiger partial charge < -0.3 is 15.0 Å². The molecule has 1 saturated heterocycles. The zero-order chi connectivity index (χ0) is 17.9. The van der Waals surface area contributed by atoms with Crippen LogP contribution in [0.5, 0.6) is 0 Å². The van der Waals surface area contributed by atoms with Gasteiger partial charge in [-0.1, -0.05) is 30.3 Å². The summed E-state index contributed by atoms with van der Waals surface area (Å²) in [5.74, 6) is 0. The number of carbonyl (C=O) groups excluding carboxylic acids is 1. The zero-order valence-corrected chi connectivity index (χ0v) is 14.7. The number of hydrogen-bond acceptors (Lipinski definition) is 4. The van der Waals surface area contributed by atoms with E-state index in [4.69, 9.17) is 4.74 Å². The second-order valence-corrected chi connectivity index (χ2v) is 7.94. The van der Waals surface area contributed by atoms with E-state index in [2.05, 4.69) is 5.32 Å². The Hall–Kier alpha value is -2.38. The lowest BCUT2D eigenvalue weighted by molar-refractivity contribution is 0.0148. The number of nitrogens with zero attached hydrogens (tertiary/aromatic N) is 1. The van der Waals surface area contributed by atoms with E-state index in [1.54, 1.807) is 17.0 Å². The first-order chi connectivity index (χ1) is 11.9. The van der Waals surface area contributed by atoms with E-state index in [1.807, 2.05) is 30.3 Å². The monoisotopic (exact) mass is 360 g/mol. The summed E-state index contributed by atoms with van der Waals surface area (Å²) in [6.45, 7) is 1.43. The molecule has 0 aliphatic carbocycles. The summed E-state index contributed by atoms with van der Waals surface area (Å²) in [5, 5.41) is 2.83. The molecule has 0 aromatic heterocycles. The molecular weight excluding hydrogens is 340 g/mol. The van der Waals surface area contributed by atoms with E-state index < -0.39 is 9.84 Å². The van der Waals surface area contributed by atoms with Gasteiger partial charge in [0.05, 0.1) is 24.2 Å². The average molecular weight is 360 g/mol. The average Bonchev–Trinajstić information content (AvgIpc) is 2.62. The molecule has 7 heteroatoms. The van der Waals surface area contributed by atoms with Gasteiger partial charge >= 0.3 is 6.03 Å². The van der Waals surface area contributed by atoms with Crippen molar-refractivity contribution in [2.45, 2.75) is 10.9 Å². The maximum absolute atomic E-state index is 12.7. The Bertz CT molecular complexity index is 835. The quantitative estimate of drug-likeness (QED) is 0.913. The molecule has 25 heavy (non-hydrogen) atoms. The molecule has 1 N–H and O–H groups in total. The van der Waals surface area contributed by atoms with E-state index in [-0.39, 0.29) is 17.0 Å². The molecule has 1 heterocycles. The summed E-state index contributed by atoms with van der Waals surface area (Å²) in [7, 11) is -3.25. The fraction of sp³-hybridized carbons (Fsp3) is 0.278. The third kappa shape index (κ3) is 4.18. The van der Waals surface area contributed by atoms with Crippen LogP contribution in [-0.4, -0.2) is 45.4 Å². The Morgan fingerprint density at radius 2 is 1.80 bits per heavy atom. The number of amides is 2. The highest BCUT2D eigenvalue weighted by atomic mass is 32.2. The van der Waals surface area contributed by atoms with Crippen LogP contribution in [0.4, 0.5) is 10.5 Å². The van der Waals surface area contributed by atoms with Crippen LogP contribution in [0.1, 0.15) is 11.6 Å². The van der Waals surface area contributed by atoms with E-state index in [1.165, 1.54) is 12.1 Å². The number of morpholine rings is 1. The van der Waals surface area contributed by atoms with Gasteiger partial charge in [0.25, 0.3) is 0 Å². The second-order valence-electron chi connectivity index (χ2n) is 5.92. The number of benzene rings is 2. The van der Waals surface area contributed by atoms with Crippen LogP contribution < -0.4 is 5.32 Å². The molecule has 1 aliphatic rings. The molecule has 1 fully saturated rings. The molecule has 1 aliphatic heterocycles. The normalized spacial score (nSPS) is 18.0. The van der Waals surface area contributed by atoms with Gasteiger partial charge in [-0.15, -0.1) is 0 Å². The summed E-state index contributed by atoms with van der Waals surface area (Å²) < 4.78 is 28.5. The van der Waals surface area contributed by atoms with Crippen molar-refractivity contribution in [3.63, 3.8) is 0 Å². The van der Waals surface area contributed by atoms with Crippen molar-refractivity contribution in [3.8, 4) is 0 Å². The fourth-order valence-electron chi connectivity index (χ4n) is 2.78. The molecule has 1 unspecified atom stereocenters. The van der Waals surface area contributed by atoms with Crippen LogP contribution in [0.2, 0.25) is 0 Å². The van der Waals surface area contributed by atoms with E-state index >= 15 is 0 Å². The van der Waals surface area contributed by atoms with Gasteiger partial charge in [-0.25, -0.2) is 13.2 Å². The smallest absolute Gasteiger partial charge is 0.322 e. The molecule has 2 aromatic carbocycles. The predicted octanol–water partition coefficient (Wildman–Crippen LogP) is 2.70. The molecule has 6 nitrogen and oxygen atoms in total. The minimum atomic E-state index is -3.25. The lowest BCUT2D eigenvalue weighted by Gasteiger charge is -2.35. The van der Waals surface area contributed by atoms with Crippen molar-refractivity contribution in [2.75, 3.05) is 31.3 Å². The third-order valence-electron chi connectivity index (χ3n) is 4.11. The Kier molecular flexibility index (Phi) is 5.06. The Morgan fingerprint density at radius 1 is 1.12 bits per heavy atom. The van der Waals surface area contributed by atoms with Crippen molar-refractivity contribution in [1.29, 1.82) is 0 Å². The SMILES string of the molecule is CS(=O)(=O)c1ccc(NC(=O)N2CCOCC2c2ccccc2)cc1. The molecule has 2 aromatic rings. The summed E-state index contributed by atoms with van der Waals surface area (Å²) in [6, 6.07) is 15.5. The summed E-state index contributed by atoms with van der Waals surface area (Å²) in [4.78, 5) is 14.6. The van der Waals surface area contributed by atoms with Crippen LogP contribution in [0.25, 0.3) is 0 Å². The van der Waals surface area contributed by atoms with Crippen LogP contribution in [-0.2, 0) is 14.6 Å². The number of nitrogens with one attached hydrogen (secondary N) is 1. The number of sulfone groups is 1. The largest absolute Gasteiger partial charge is 0.377 e. The van der Waals surface area contributed by atoms with Crippen LogP contribution in [0.3, 0.4) is 0 Å². The number of rotatable bonds is 3. The standard InChI is InChI=1S/C18H20N2O4S/c1-25(22,23)16-9-7-15(8-10-16)19-18(21)20-11-12-24-13-17(20)14-5-3-2-4-6-14/h2-10,17H,11-13H2,1H3,(H,19,21). The lowest BCUT2D eigenvalue weighted by Crippen LogP contribution is -2.45. The first-order valence-corrected chi connectivity index (χ1v) is 9.85. The first kappa shape index (κ1) is 17.4. The molecule has 3 rings (SSSR count). The molecule has 1 atom stereocenters. The number of ether oxygens (including phenoxy) is 1. The molecule has 0 bridgehead atoms. The maximum Gasteiger partial charge on any atom is 0.322 e. The van der Waals surface area contributed by atoms with Crippen LogP contribution >= 0.6 is 0 Å². The van der Waals surface area contributed by atoms with E-state index in [0.29, 0.717) is 25.4 Å². The van der Waals surface area contributed by atoms with Crippen molar-refractivity contribution >= 4 is 21.6 Å². The Balaban J connectivity index is 1.75. The molecule has 0 radical (unpaired) electrons. The topological polar surface area (TPSA) is 75.7 Å². The maximum atomic E-state index is 12.7. The van der Waals surface area contributed by atoms with E-state index in [9.17, 15) is 13.2 Å². The molecule has 132 valence electrons. The minimum absolute atomic E-state index is 0.148. The number of hydrogen-bond donors (Lipinski definition) is 1. The number of carbonyl (C=O) groups is 1. The molecule has 2 amide bonds. The minimum Gasteiger partial charge on any atom is -0.377 e. The molecular formula is C18H20N2O4S. The molecule has 0 saturated carbocycles. The van der Waals surface area contributed by atoms with Crippen molar-refractivity contribution in [1.82, 2.24) is 4.90 Å². The van der Waals surface area contributed by atoms with Crippen molar-refractivity contribution in [3.05, 3.63) is 60.2 Å². The first-order valence-electron chi connectivity index (χ1n) is 7.95. The van der Waals surface area contributed by atoms with Gasteiger partial charge in [0.15, 0.2) is 9.84 Å². The van der Waals surface area contributed by atoms with Crippen LogP contribution in [0, 0.1) is 0 Å². The molecule has 0 spiro atoms. The lowest BCUT2D eigenvalue weighted by atomic mass is 10.1. The number of anilines is 1. The van der Waals surface area contributed by atoms with Crippen molar-refractivity contribution < 1.29 is 17.9 Å². The third-order valence-corrected chi connectivity index (χ3v) is 5.24. The summed E-state index contributed by atoms with van der Waals surface area (Å²) in [6.07, 6.45) is 1.15. The Morgan fingerprint density at radius 3 is 2.44 bits per heavy atom. The summed E-state index contributed by atoms with van der Waals surface area (Å²) in [5.41, 5.74) is 1.57. The van der Waals surface area contributed by atoms with Gasteiger partial charge in [0.2, 0.25) is 0 Å². The van der Waals surface area contributed by atoms with Crippen molar-refractivity contribution in [2.24, 2.45) is 0 Å². The zero-order valence-electron chi connectivity index (χ0n) is 13.9. The fourth-order valence-corrected chi connectivity index (χ4v) is 3.41. The van der Waals surface area contributed by atoms with Gasteiger partial charge in [0.1, 0.15) is 0 Å². The second kappa shape index (κ2) is 7.25. The number of urea groups is 1. The highest BCUT2D eigenvalue weighted by Gasteiger charge is 2.28. The van der Waals surface area contributed by atoms with Crippen LogP contribution in [0.15, 0.2) is 59.5 Å².